The molecule has 0 unspecified atom stereocenters. The molecule has 3 nitrogen and oxygen atoms in total. The largest absolute Gasteiger partial charge is 0.341 e. The van der Waals surface area contributed by atoms with Gasteiger partial charge in [0.2, 0.25) is 5.91 Å². The van der Waals surface area contributed by atoms with E-state index in [-0.39, 0.29) is 11.7 Å². The average Bonchev–Trinajstić information content (AvgIpc) is 2.51. The van der Waals surface area contributed by atoms with Crippen LogP contribution in [0.25, 0.3) is 0 Å². The van der Waals surface area contributed by atoms with Crippen molar-refractivity contribution in [3.05, 3.63) is 71.5 Å². The molecule has 0 saturated carbocycles. The van der Waals surface area contributed by atoms with Crippen molar-refractivity contribution in [3.63, 3.8) is 0 Å². The third-order valence-corrected chi connectivity index (χ3v) is 5.04. The van der Waals surface area contributed by atoms with Gasteiger partial charge in [-0.25, -0.2) is 4.39 Å². The SMILES string of the molecule is O=C(Cc1ccc(F)cc1)N1CC2(CN(Cc3ccccc3)C2)C1. The lowest BCUT2D eigenvalue weighted by Gasteiger charge is -2.60. The van der Waals surface area contributed by atoms with E-state index < -0.39 is 0 Å². The number of rotatable bonds is 4. The molecule has 0 aromatic heterocycles. The van der Waals surface area contributed by atoms with Crippen LogP contribution in [-0.2, 0) is 17.8 Å². The van der Waals surface area contributed by atoms with E-state index in [1.807, 2.05) is 11.0 Å². The summed E-state index contributed by atoms with van der Waals surface area (Å²) in [4.78, 5) is 16.7. The Kier molecular flexibility index (Phi) is 3.85. The number of likely N-dealkylation sites (tertiary alicyclic amines) is 2. The normalized spacial score (nSPS) is 19.0. The first-order valence-electron chi connectivity index (χ1n) is 8.40. The second-order valence-electron chi connectivity index (χ2n) is 7.18. The Morgan fingerprint density at radius 1 is 0.917 bits per heavy atom. The Bertz CT molecular complexity index is 715. The van der Waals surface area contributed by atoms with E-state index in [2.05, 4.69) is 29.2 Å². The highest BCUT2D eigenvalue weighted by atomic mass is 19.1. The van der Waals surface area contributed by atoms with E-state index in [1.165, 1.54) is 17.7 Å². The first-order chi connectivity index (χ1) is 11.6. The summed E-state index contributed by atoms with van der Waals surface area (Å²) in [6.07, 6.45) is 0.365. The molecule has 2 aromatic rings. The van der Waals surface area contributed by atoms with Crippen molar-refractivity contribution in [3.8, 4) is 0 Å². The maximum absolute atomic E-state index is 12.9. The molecule has 124 valence electrons. The number of nitrogens with zero attached hydrogens (tertiary/aromatic N) is 2. The summed E-state index contributed by atoms with van der Waals surface area (Å²) >= 11 is 0. The molecule has 4 rings (SSSR count). The number of carbonyl (C=O) groups is 1. The molecule has 2 heterocycles. The Labute approximate surface area is 141 Å². The Balaban J connectivity index is 1.24. The zero-order valence-electron chi connectivity index (χ0n) is 13.6. The van der Waals surface area contributed by atoms with Crippen LogP contribution in [0.15, 0.2) is 54.6 Å². The van der Waals surface area contributed by atoms with Gasteiger partial charge in [-0.3, -0.25) is 9.69 Å². The van der Waals surface area contributed by atoms with Crippen LogP contribution in [0.4, 0.5) is 4.39 Å². The molecular formula is C20H21FN2O. The molecule has 2 saturated heterocycles. The van der Waals surface area contributed by atoms with Crippen LogP contribution in [0, 0.1) is 11.2 Å². The highest BCUT2D eigenvalue weighted by Gasteiger charge is 2.52. The van der Waals surface area contributed by atoms with Crippen molar-refractivity contribution in [1.29, 1.82) is 0 Å². The summed E-state index contributed by atoms with van der Waals surface area (Å²) in [7, 11) is 0. The van der Waals surface area contributed by atoms with E-state index in [0.29, 0.717) is 11.8 Å². The minimum Gasteiger partial charge on any atom is -0.341 e. The fourth-order valence-electron chi connectivity index (χ4n) is 3.88. The van der Waals surface area contributed by atoms with Gasteiger partial charge in [-0.05, 0) is 23.3 Å². The van der Waals surface area contributed by atoms with Crippen molar-refractivity contribution >= 4 is 5.91 Å². The minimum atomic E-state index is -0.262. The zero-order chi connectivity index (χ0) is 16.6. The van der Waals surface area contributed by atoms with Gasteiger partial charge in [-0.2, -0.15) is 0 Å². The number of hydrogen-bond donors (Lipinski definition) is 0. The summed E-state index contributed by atoms with van der Waals surface area (Å²) in [6, 6.07) is 16.7. The van der Waals surface area contributed by atoms with Crippen LogP contribution < -0.4 is 0 Å². The number of benzene rings is 2. The second-order valence-corrected chi connectivity index (χ2v) is 7.18. The Hall–Kier alpha value is -2.20. The molecule has 0 bridgehead atoms. The lowest BCUT2D eigenvalue weighted by Crippen LogP contribution is -2.72. The highest BCUT2D eigenvalue weighted by molar-refractivity contribution is 5.79. The second kappa shape index (κ2) is 6.02. The number of halogens is 1. The molecule has 2 aliphatic heterocycles. The van der Waals surface area contributed by atoms with Crippen molar-refractivity contribution in [2.45, 2.75) is 13.0 Å². The molecule has 4 heteroatoms. The fraction of sp³-hybridized carbons (Fsp3) is 0.350. The van der Waals surface area contributed by atoms with Gasteiger partial charge in [0.05, 0.1) is 6.42 Å². The lowest BCUT2D eigenvalue weighted by molar-refractivity contribution is -0.159. The van der Waals surface area contributed by atoms with Crippen molar-refractivity contribution < 1.29 is 9.18 Å². The van der Waals surface area contributed by atoms with Gasteiger partial charge in [0, 0.05) is 38.1 Å². The molecule has 24 heavy (non-hydrogen) atoms. The van der Waals surface area contributed by atoms with Crippen LogP contribution in [-0.4, -0.2) is 41.9 Å². The molecule has 2 fully saturated rings. The van der Waals surface area contributed by atoms with Gasteiger partial charge in [-0.15, -0.1) is 0 Å². The van der Waals surface area contributed by atoms with Gasteiger partial charge in [-0.1, -0.05) is 42.5 Å². The van der Waals surface area contributed by atoms with Crippen LogP contribution in [0.5, 0.6) is 0 Å². The first kappa shape index (κ1) is 15.3. The standard InChI is InChI=1S/C20H21FN2O/c21-18-8-6-16(7-9-18)10-19(24)23-14-20(15-23)12-22(13-20)11-17-4-2-1-3-5-17/h1-9H,10-15H2. The third-order valence-electron chi connectivity index (χ3n) is 5.04. The maximum Gasteiger partial charge on any atom is 0.227 e. The van der Waals surface area contributed by atoms with E-state index in [4.69, 9.17) is 0 Å². The third kappa shape index (κ3) is 3.06. The van der Waals surface area contributed by atoms with Crippen molar-refractivity contribution in [2.75, 3.05) is 26.2 Å². The van der Waals surface area contributed by atoms with Crippen molar-refractivity contribution in [1.82, 2.24) is 9.80 Å². The van der Waals surface area contributed by atoms with Crippen LogP contribution in [0.1, 0.15) is 11.1 Å². The predicted octanol–water partition coefficient (Wildman–Crippen LogP) is 2.71. The number of hydrogen-bond acceptors (Lipinski definition) is 2. The van der Waals surface area contributed by atoms with Gasteiger partial charge in [0.1, 0.15) is 5.82 Å². The number of carbonyl (C=O) groups excluding carboxylic acids is 1. The predicted molar refractivity (Wildman–Crippen MR) is 90.8 cm³/mol. The minimum absolute atomic E-state index is 0.147. The fourth-order valence-corrected chi connectivity index (χ4v) is 3.88. The van der Waals surface area contributed by atoms with E-state index >= 15 is 0 Å². The first-order valence-corrected chi connectivity index (χ1v) is 8.40. The monoisotopic (exact) mass is 324 g/mol. The molecule has 0 aliphatic carbocycles. The molecule has 0 radical (unpaired) electrons. The summed E-state index contributed by atoms with van der Waals surface area (Å²) in [5.41, 5.74) is 2.53. The van der Waals surface area contributed by atoms with Crippen LogP contribution in [0.3, 0.4) is 0 Å². The molecule has 1 amide bonds. The van der Waals surface area contributed by atoms with Crippen molar-refractivity contribution in [2.24, 2.45) is 5.41 Å². The molecule has 0 atom stereocenters. The van der Waals surface area contributed by atoms with E-state index in [1.54, 1.807) is 12.1 Å². The smallest absolute Gasteiger partial charge is 0.227 e. The number of amides is 1. The zero-order valence-corrected chi connectivity index (χ0v) is 13.6. The molecular weight excluding hydrogens is 303 g/mol. The van der Waals surface area contributed by atoms with Gasteiger partial charge in [0.25, 0.3) is 0 Å². The summed E-state index contributed by atoms with van der Waals surface area (Å²) in [6.45, 7) is 4.85. The Morgan fingerprint density at radius 3 is 2.25 bits per heavy atom. The van der Waals surface area contributed by atoms with E-state index in [9.17, 15) is 9.18 Å². The Morgan fingerprint density at radius 2 is 1.58 bits per heavy atom. The summed E-state index contributed by atoms with van der Waals surface area (Å²) in [5.74, 6) is -0.115. The van der Waals surface area contributed by atoms with E-state index in [0.717, 1.165) is 38.3 Å². The average molecular weight is 324 g/mol. The quantitative estimate of drug-likeness (QED) is 0.863. The molecule has 2 aliphatic rings. The topological polar surface area (TPSA) is 23.6 Å². The summed E-state index contributed by atoms with van der Waals surface area (Å²) in [5, 5.41) is 0. The molecule has 1 spiro atoms. The van der Waals surface area contributed by atoms with Gasteiger partial charge >= 0.3 is 0 Å². The lowest BCUT2D eigenvalue weighted by atomic mass is 9.72. The van der Waals surface area contributed by atoms with Crippen LogP contribution >= 0.6 is 0 Å². The maximum atomic E-state index is 12.9. The van der Waals surface area contributed by atoms with Gasteiger partial charge in [0.15, 0.2) is 0 Å². The highest BCUT2D eigenvalue weighted by Crippen LogP contribution is 2.40. The molecule has 0 N–H and O–H groups in total. The van der Waals surface area contributed by atoms with Gasteiger partial charge < -0.3 is 4.90 Å². The summed E-state index contributed by atoms with van der Waals surface area (Å²) < 4.78 is 12.9. The molecule has 2 aromatic carbocycles. The van der Waals surface area contributed by atoms with Crippen LogP contribution in [0.2, 0.25) is 0 Å².